The third-order valence-corrected chi connectivity index (χ3v) is 7.33. The molecule has 2 amide bonds. The van der Waals surface area contributed by atoms with Crippen LogP contribution >= 0.6 is 0 Å². The fourth-order valence-corrected chi connectivity index (χ4v) is 5.37. The maximum absolute atomic E-state index is 13.5. The van der Waals surface area contributed by atoms with E-state index in [1.165, 1.54) is 11.9 Å². The SMILES string of the molecule is CNC(=O)N1CCC2=C(C1)S(=O)(=O)N=C(c1c(O)c3ccccc3n(CCC(C)C)c1=O)N2. The largest absolute Gasteiger partial charge is 0.506 e. The summed E-state index contributed by atoms with van der Waals surface area (Å²) in [5.41, 5.74) is 0.254. The molecule has 10 nitrogen and oxygen atoms in total. The van der Waals surface area contributed by atoms with E-state index in [2.05, 4.69) is 15.0 Å². The van der Waals surface area contributed by atoms with E-state index in [4.69, 9.17) is 0 Å². The van der Waals surface area contributed by atoms with E-state index in [0.717, 1.165) is 6.42 Å². The number of carbonyl (C=O) groups is 1. The van der Waals surface area contributed by atoms with Crippen LogP contribution < -0.4 is 16.2 Å². The second-order valence-corrected chi connectivity index (χ2v) is 10.2. The highest BCUT2D eigenvalue weighted by Gasteiger charge is 2.36. The van der Waals surface area contributed by atoms with Crippen LogP contribution in [0.2, 0.25) is 0 Å². The lowest BCUT2D eigenvalue weighted by Gasteiger charge is -2.32. The Morgan fingerprint density at radius 2 is 2.03 bits per heavy atom. The number of amidine groups is 1. The van der Waals surface area contributed by atoms with Crippen LogP contribution in [0.5, 0.6) is 5.75 Å². The van der Waals surface area contributed by atoms with Crippen LogP contribution in [0.25, 0.3) is 10.9 Å². The summed E-state index contributed by atoms with van der Waals surface area (Å²) in [7, 11) is -2.68. The number of aromatic nitrogens is 1. The molecule has 2 aliphatic rings. The van der Waals surface area contributed by atoms with Gasteiger partial charge in [-0.1, -0.05) is 26.0 Å². The molecular formula is C22H27N5O5S. The smallest absolute Gasteiger partial charge is 0.317 e. The summed E-state index contributed by atoms with van der Waals surface area (Å²) < 4.78 is 31.4. The number of nitrogens with zero attached hydrogens (tertiary/aromatic N) is 3. The lowest BCUT2D eigenvalue weighted by Crippen LogP contribution is -2.47. The van der Waals surface area contributed by atoms with Gasteiger partial charge in [-0.2, -0.15) is 8.42 Å². The topological polar surface area (TPSA) is 133 Å². The molecule has 11 heteroatoms. The molecule has 0 atom stereocenters. The fourth-order valence-electron chi connectivity index (χ4n) is 4.10. The maximum Gasteiger partial charge on any atom is 0.317 e. The van der Waals surface area contributed by atoms with Gasteiger partial charge in [-0.3, -0.25) is 4.79 Å². The summed E-state index contributed by atoms with van der Waals surface area (Å²) in [6.07, 6.45) is 0.980. The molecule has 0 bridgehead atoms. The number of aromatic hydroxyl groups is 1. The van der Waals surface area contributed by atoms with Gasteiger partial charge in [0, 0.05) is 37.6 Å². The number of aryl methyl sites for hydroxylation is 1. The van der Waals surface area contributed by atoms with Gasteiger partial charge < -0.3 is 25.2 Å². The first-order chi connectivity index (χ1) is 15.6. The Morgan fingerprint density at radius 3 is 2.73 bits per heavy atom. The normalized spacial score (nSPS) is 17.6. The van der Waals surface area contributed by atoms with E-state index in [0.29, 0.717) is 35.6 Å². The number of amides is 2. The van der Waals surface area contributed by atoms with Gasteiger partial charge in [-0.05, 0) is 24.5 Å². The van der Waals surface area contributed by atoms with Crippen molar-refractivity contribution in [3.63, 3.8) is 0 Å². The van der Waals surface area contributed by atoms with Crippen LogP contribution in [-0.2, 0) is 16.6 Å². The van der Waals surface area contributed by atoms with Crippen LogP contribution in [-0.4, -0.2) is 55.0 Å². The Labute approximate surface area is 191 Å². The Kier molecular flexibility index (Phi) is 5.91. The van der Waals surface area contributed by atoms with Crippen molar-refractivity contribution >= 4 is 32.8 Å². The minimum atomic E-state index is -4.16. The molecule has 176 valence electrons. The van der Waals surface area contributed by atoms with E-state index < -0.39 is 15.6 Å². The van der Waals surface area contributed by atoms with E-state index in [1.54, 1.807) is 28.8 Å². The number of rotatable bonds is 4. The monoisotopic (exact) mass is 473 g/mol. The number of para-hydroxylation sites is 1. The molecule has 3 N–H and O–H groups in total. The summed E-state index contributed by atoms with van der Waals surface area (Å²) >= 11 is 0. The lowest BCUT2D eigenvalue weighted by atomic mass is 10.1. The van der Waals surface area contributed by atoms with Crippen LogP contribution in [0.3, 0.4) is 0 Å². The average molecular weight is 474 g/mol. The van der Waals surface area contributed by atoms with Crippen molar-refractivity contribution in [2.24, 2.45) is 10.3 Å². The molecule has 4 rings (SSSR count). The Balaban J connectivity index is 1.83. The van der Waals surface area contributed by atoms with E-state index in [-0.39, 0.29) is 41.1 Å². The van der Waals surface area contributed by atoms with Crippen molar-refractivity contribution in [2.75, 3.05) is 20.1 Å². The van der Waals surface area contributed by atoms with E-state index in [1.807, 2.05) is 13.8 Å². The highest BCUT2D eigenvalue weighted by atomic mass is 32.2. The molecule has 2 aromatic rings. The molecule has 0 unspecified atom stereocenters. The second kappa shape index (κ2) is 8.54. The first-order valence-electron chi connectivity index (χ1n) is 10.8. The maximum atomic E-state index is 13.5. The molecule has 0 spiro atoms. The minimum Gasteiger partial charge on any atom is -0.506 e. The number of sulfonamides is 1. The van der Waals surface area contributed by atoms with Crippen molar-refractivity contribution in [3.05, 3.63) is 50.8 Å². The van der Waals surface area contributed by atoms with Gasteiger partial charge in [0.25, 0.3) is 15.6 Å². The third kappa shape index (κ3) is 4.08. The number of hydrogen-bond donors (Lipinski definition) is 3. The quantitative estimate of drug-likeness (QED) is 0.619. The van der Waals surface area contributed by atoms with Crippen LogP contribution in [0.15, 0.2) is 44.1 Å². The van der Waals surface area contributed by atoms with Crippen molar-refractivity contribution in [2.45, 2.75) is 33.2 Å². The van der Waals surface area contributed by atoms with Gasteiger partial charge in [-0.25, -0.2) is 4.79 Å². The highest BCUT2D eigenvalue weighted by molar-refractivity contribution is 7.94. The van der Waals surface area contributed by atoms with Crippen molar-refractivity contribution in [3.8, 4) is 5.75 Å². The molecule has 0 radical (unpaired) electrons. The fraction of sp³-hybridized carbons (Fsp3) is 0.409. The molecule has 0 saturated heterocycles. The Morgan fingerprint density at radius 1 is 1.30 bits per heavy atom. The first kappa shape index (κ1) is 22.8. The lowest BCUT2D eigenvalue weighted by molar-refractivity contribution is 0.203. The summed E-state index contributed by atoms with van der Waals surface area (Å²) in [6.45, 7) is 4.69. The van der Waals surface area contributed by atoms with E-state index in [9.17, 15) is 23.1 Å². The molecule has 2 aliphatic heterocycles. The van der Waals surface area contributed by atoms with Crippen LogP contribution in [0.1, 0.15) is 32.3 Å². The molecule has 33 heavy (non-hydrogen) atoms. The summed E-state index contributed by atoms with van der Waals surface area (Å²) in [5, 5.41) is 16.9. The van der Waals surface area contributed by atoms with Gasteiger partial charge >= 0.3 is 6.03 Å². The average Bonchev–Trinajstić information content (AvgIpc) is 2.78. The summed E-state index contributed by atoms with van der Waals surface area (Å²) in [4.78, 5) is 26.8. The standard InChI is InChI=1S/C22H27N5O5S/c1-13(2)8-11-27-16-7-5-4-6-14(16)19(28)18(21(27)29)20-24-15-9-10-26(22(30)23-3)12-17(15)33(31,32)25-20/h4-7,13,28H,8-12H2,1-3H3,(H,23,30)(H,24,25). The number of benzene rings is 1. The number of fused-ring (bicyclic) bond motifs is 1. The number of nitrogens with one attached hydrogen (secondary N) is 2. The number of urea groups is 1. The second-order valence-electron chi connectivity index (χ2n) is 8.55. The molecule has 0 aliphatic carbocycles. The molecular weight excluding hydrogens is 446 g/mol. The molecule has 3 heterocycles. The Bertz CT molecular complexity index is 1360. The van der Waals surface area contributed by atoms with Crippen LogP contribution in [0.4, 0.5) is 4.79 Å². The zero-order valence-electron chi connectivity index (χ0n) is 18.8. The predicted octanol–water partition coefficient (Wildman–Crippen LogP) is 1.69. The first-order valence-corrected chi connectivity index (χ1v) is 12.2. The van der Waals surface area contributed by atoms with Gasteiger partial charge in [-0.15, -0.1) is 4.40 Å². The number of carbonyl (C=O) groups excluding carboxylic acids is 1. The highest BCUT2D eigenvalue weighted by Crippen LogP contribution is 2.31. The van der Waals surface area contributed by atoms with Gasteiger partial charge in [0.1, 0.15) is 16.2 Å². The van der Waals surface area contributed by atoms with Crippen molar-refractivity contribution in [1.29, 1.82) is 0 Å². The van der Waals surface area contributed by atoms with Gasteiger partial charge in [0.2, 0.25) is 0 Å². The molecule has 0 saturated carbocycles. The number of hydrogen-bond acceptors (Lipinski definition) is 6. The van der Waals surface area contributed by atoms with Crippen molar-refractivity contribution < 1.29 is 18.3 Å². The molecule has 1 aromatic carbocycles. The van der Waals surface area contributed by atoms with Gasteiger partial charge in [0.05, 0.1) is 12.1 Å². The van der Waals surface area contributed by atoms with E-state index >= 15 is 0 Å². The Hall–Kier alpha value is -3.34. The number of pyridine rings is 1. The third-order valence-electron chi connectivity index (χ3n) is 5.91. The van der Waals surface area contributed by atoms with Crippen molar-refractivity contribution in [1.82, 2.24) is 20.1 Å². The van der Waals surface area contributed by atoms with Crippen LogP contribution in [0, 0.1) is 5.92 Å². The summed E-state index contributed by atoms with van der Waals surface area (Å²) in [6, 6.07) is 6.58. The van der Waals surface area contributed by atoms with Gasteiger partial charge in [0.15, 0.2) is 5.84 Å². The molecule has 1 aromatic heterocycles. The summed E-state index contributed by atoms with van der Waals surface area (Å²) in [5.74, 6) is -0.171. The minimum absolute atomic E-state index is 0.0125. The zero-order chi connectivity index (χ0) is 23.9. The predicted molar refractivity (Wildman–Crippen MR) is 126 cm³/mol. The molecule has 0 fully saturated rings. The zero-order valence-corrected chi connectivity index (χ0v) is 19.6.